The van der Waals surface area contributed by atoms with E-state index in [-0.39, 0.29) is 42.5 Å². The predicted octanol–water partition coefficient (Wildman–Crippen LogP) is 1.49. The number of nitrogens with two attached hydrogens (primary N) is 1. The van der Waals surface area contributed by atoms with Gasteiger partial charge in [-0.1, -0.05) is 23.7 Å². The van der Waals surface area contributed by atoms with Gasteiger partial charge in [-0.05, 0) is 60.8 Å². The second-order valence-corrected chi connectivity index (χ2v) is 10.6. The molecule has 1 atom stereocenters. The lowest BCUT2D eigenvalue weighted by molar-refractivity contribution is -0.123. The Labute approximate surface area is 221 Å². The molecule has 0 aliphatic rings. The van der Waals surface area contributed by atoms with Crippen LogP contribution in [0.25, 0.3) is 0 Å². The minimum absolute atomic E-state index is 0.114. The van der Waals surface area contributed by atoms with Gasteiger partial charge in [-0.2, -0.15) is 0 Å². The van der Waals surface area contributed by atoms with Crippen LogP contribution in [0.4, 0.5) is 0 Å². The fourth-order valence-electron chi connectivity index (χ4n) is 3.18. The van der Waals surface area contributed by atoms with Crippen molar-refractivity contribution in [3.8, 4) is 0 Å². The van der Waals surface area contributed by atoms with E-state index in [9.17, 15) is 14.4 Å². The second-order valence-electron chi connectivity index (χ2n) is 10.6. The summed E-state index contributed by atoms with van der Waals surface area (Å²) in [7, 11) is 0. The van der Waals surface area contributed by atoms with Crippen molar-refractivity contribution in [3.05, 3.63) is 0 Å². The highest BCUT2D eigenvalue weighted by atomic mass is 16.4. The van der Waals surface area contributed by atoms with Gasteiger partial charge in [-0.25, -0.2) is 0 Å². The van der Waals surface area contributed by atoms with Crippen molar-refractivity contribution in [1.29, 1.82) is 0 Å². The minimum atomic E-state index is -0.592. The molecule has 12 heteroatoms. The number of unbranched alkanes of at least 4 members (excludes halogenated alkanes) is 1. The third-order valence-electron chi connectivity index (χ3n) is 6.73. The average Bonchev–Trinajstić information content (AvgIpc) is 2.83. The van der Waals surface area contributed by atoms with Crippen LogP contribution in [0.3, 0.4) is 0 Å². The molecular formula is C25H49N7O5. The molecule has 0 aliphatic heterocycles. The van der Waals surface area contributed by atoms with Gasteiger partial charge in [-0.15, -0.1) is 0 Å². The fraction of sp³-hybridized carbons (Fsp3) is 0.800. The summed E-state index contributed by atoms with van der Waals surface area (Å²) in [6, 6.07) is -0.319. The summed E-state index contributed by atoms with van der Waals surface area (Å²) in [4.78, 5) is 35.7. The van der Waals surface area contributed by atoms with Crippen molar-refractivity contribution in [2.75, 3.05) is 19.6 Å². The number of oxime groups is 2. The summed E-state index contributed by atoms with van der Waals surface area (Å²) >= 11 is 0. The summed E-state index contributed by atoms with van der Waals surface area (Å²) in [5.74, 6) is -0.778. The Bertz CT molecular complexity index is 762. The van der Waals surface area contributed by atoms with Crippen molar-refractivity contribution < 1.29 is 24.8 Å². The molecule has 8 N–H and O–H groups in total. The fourth-order valence-corrected chi connectivity index (χ4v) is 3.18. The van der Waals surface area contributed by atoms with E-state index in [4.69, 9.17) is 16.1 Å². The number of amides is 3. The van der Waals surface area contributed by atoms with Crippen molar-refractivity contribution in [3.63, 3.8) is 0 Å². The monoisotopic (exact) mass is 527 g/mol. The largest absolute Gasteiger partial charge is 0.411 e. The van der Waals surface area contributed by atoms with Gasteiger partial charge in [0.2, 0.25) is 17.7 Å². The lowest BCUT2D eigenvalue weighted by Gasteiger charge is -2.32. The molecule has 0 saturated carbocycles. The van der Waals surface area contributed by atoms with E-state index < -0.39 is 11.1 Å². The van der Waals surface area contributed by atoms with Crippen LogP contribution in [-0.4, -0.2) is 76.3 Å². The maximum Gasteiger partial charge on any atom is 0.220 e. The Balaban J connectivity index is 4.69. The molecule has 0 spiro atoms. The SMILES string of the molecule is C/C(=N/O)C(C)(C)NCC(CNC(C)(C)/C(C)=N\O)NC(=O)CCCC(=O)NCCCC[C@H](C)C(N)=O. The van der Waals surface area contributed by atoms with Gasteiger partial charge in [-0.3, -0.25) is 14.4 Å². The molecule has 214 valence electrons. The van der Waals surface area contributed by atoms with Crippen LogP contribution >= 0.6 is 0 Å². The van der Waals surface area contributed by atoms with Crippen LogP contribution in [0.2, 0.25) is 0 Å². The predicted molar refractivity (Wildman–Crippen MR) is 145 cm³/mol. The summed E-state index contributed by atoms with van der Waals surface area (Å²) in [6.45, 7) is 14.0. The van der Waals surface area contributed by atoms with Crippen molar-refractivity contribution in [1.82, 2.24) is 21.3 Å². The maximum absolute atomic E-state index is 12.6. The summed E-state index contributed by atoms with van der Waals surface area (Å²) < 4.78 is 0. The molecule has 12 nitrogen and oxygen atoms in total. The summed E-state index contributed by atoms with van der Waals surface area (Å²) in [6.07, 6.45) is 3.11. The molecule has 0 aliphatic carbocycles. The van der Waals surface area contributed by atoms with Crippen LogP contribution in [0.1, 0.15) is 87.0 Å². The lowest BCUT2D eigenvalue weighted by Crippen LogP contribution is -2.57. The number of primary amides is 1. The molecule has 0 heterocycles. The average molecular weight is 528 g/mol. The van der Waals surface area contributed by atoms with Crippen LogP contribution in [0.15, 0.2) is 10.3 Å². The van der Waals surface area contributed by atoms with Crippen LogP contribution in [-0.2, 0) is 14.4 Å². The molecule has 0 aromatic heterocycles. The van der Waals surface area contributed by atoms with Crippen LogP contribution in [0, 0.1) is 5.92 Å². The molecule has 0 rings (SSSR count). The zero-order valence-electron chi connectivity index (χ0n) is 23.6. The quantitative estimate of drug-likeness (QED) is 0.0572. The molecule has 0 radical (unpaired) electrons. The van der Waals surface area contributed by atoms with Gasteiger partial charge in [0.05, 0.1) is 28.5 Å². The highest BCUT2D eigenvalue weighted by Gasteiger charge is 2.26. The molecule has 0 aromatic rings. The van der Waals surface area contributed by atoms with E-state index >= 15 is 0 Å². The van der Waals surface area contributed by atoms with Gasteiger partial charge in [0, 0.05) is 38.4 Å². The van der Waals surface area contributed by atoms with Crippen LogP contribution in [0.5, 0.6) is 0 Å². The van der Waals surface area contributed by atoms with E-state index in [0.717, 1.165) is 12.8 Å². The molecule has 0 saturated heterocycles. The van der Waals surface area contributed by atoms with E-state index in [0.29, 0.717) is 43.9 Å². The van der Waals surface area contributed by atoms with Gasteiger partial charge in [0.15, 0.2) is 0 Å². The molecule has 0 unspecified atom stereocenters. The zero-order chi connectivity index (χ0) is 28.6. The third kappa shape index (κ3) is 14.6. The highest BCUT2D eigenvalue weighted by Crippen LogP contribution is 2.08. The number of nitrogens with zero attached hydrogens (tertiary/aromatic N) is 2. The molecule has 0 fully saturated rings. The standard InChI is InChI=1S/C25H49N7O5/c1-17(23(26)35)11-8-9-14-27-21(33)12-10-13-22(34)30-20(15-28-24(4,5)18(2)31-36)16-29-25(6,7)19(3)32-37/h17,20,28-29,36-37H,8-16H2,1-7H3,(H2,26,35)(H,27,33)(H,30,34)/b31-18-,32-19-/t17-/m0/s1. The van der Waals surface area contributed by atoms with Crippen molar-refractivity contribution in [2.24, 2.45) is 22.0 Å². The Morgan fingerprint density at radius 2 is 1.32 bits per heavy atom. The lowest BCUT2D eigenvalue weighted by atomic mass is 9.98. The number of hydrogen-bond acceptors (Lipinski definition) is 9. The van der Waals surface area contributed by atoms with Gasteiger partial charge < -0.3 is 37.4 Å². The van der Waals surface area contributed by atoms with E-state index in [1.165, 1.54) is 0 Å². The van der Waals surface area contributed by atoms with Gasteiger partial charge in [0.1, 0.15) is 0 Å². The highest BCUT2D eigenvalue weighted by molar-refractivity contribution is 5.90. The van der Waals surface area contributed by atoms with E-state index in [2.05, 4.69) is 31.6 Å². The Hall–Kier alpha value is -2.73. The maximum atomic E-state index is 12.6. The number of carbonyl (C=O) groups is 3. The van der Waals surface area contributed by atoms with Crippen molar-refractivity contribution in [2.45, 2.75) is 104 Å². The molecular weight excluding hydrogens is 478 g/mol. The van der Waals surface area contributed by atoms with Crippen LogP contribution < -0.4 is 27.0 Å². The number of hydrogen-bond donors (Lipinski definition) is 7. The van der Waals surface area contributed by atoms with Gasteiger partial charge in [0.25, 0.3) is 0 Å². The summed E-state index contributed by atoms with van der Waals surface area (Å²) in [5.41, 5.74) is 5.06. The van der Waals surface area contributed by atoms with E-state index in [1.54, 1.807) is 20.8 Å². The van der Waals surface area contributed by atoms with Gasteiger partial charge >= 0.3 is 0 Å². The number of rotatable bonds is 19. The first-order valence-electron chi connectivity index (χ1n) is 12.9. The molecule has 0 bridgehead atoms. The molecule has 0 aromatic carbocycles. The topological polar surface area (TPSA) is 191 Å². The Kier molecular flexibility index (Phi) is 15.7. The number of nitrogens with one attached hydrogen (secondary N) is 4. The normalized spacial score (nSPS) is 14.7. The molecule has 37 heavy (non-hydrogen) atoms. The first-order valence-corrected chi connectivity index (χ1v) is 12.9. The third-order valence-corrected chi connectivity index (χ3v) is 6.73. The minimum Gasteiger partial charge on any atom is -0.411 e. The van der Waals surface area contributed by atoms with E-state index in [1.807, 2.05) is 27.7 Å². The summed E-state index contributed by atoms with van der Waals surface area (Å²) in [5, 5.41) is 37.2. The smallest absolute Gasteiger partial charge is 0.220 e. The second kappa shape index (κ2) is 16.9. The van der Waals surface area contributed by atoms with Crippen molar-refractivity contribution >= 4 is 29.1 Å². The Morgan fingerprint density at radius 3 is 1.78 bits per heavy atom. The zero-order valence-corrected chi connectivity index (χ0v) is 23.6. The first kappa shape index (κ1) is 34.3. The molecule has 3 amide bonds. The Morgan fingerprint density at radius 1 is 0.838 bits per heavy atom. The first-order chi connectivity index (χ1) is 17.2. The number of carbonyl (C=O) groups excluding carboxylic acids is 3.